The maximum Gasteiger partial charge on any atom is 0.0844 e. The van der Waals surface area contributed by atoms with Crippen LogP contribution in [0.3, 0.4) is 0 Å². The van der Waals surface area contributed by atoms with E-state index in [0.29, 0.717) is 0 Å². The average molecular weight is 96.1 g/mol. The minimum atomic E-state index is 0.801. The predicted molar refractivity (Wildman–Crippen MR) is 29.4 cm³/mol. The van der Waals surface area contributed by atoms with E-state index in [4.69, 9.17) is 0 Å². The molecule has 2 N–H and O–H groups in total. The topological polar surface area (TPSA) is 24.1 Å². The van der Waals surface area contributed by atoms with Gasteiger partial charge in [-0.15, -0.1) is 0 Å². The molecule has 0 aromatic carbocycles. The molecule has 1 heterocycles. The molecule has 0 bridgehead atoms. The molecule has 0 fully saturated rings. The second kappa shape index (κ2) is 1.69. The van der Waals surface area contributed by atoms with Crippen LogP contribution in [0.4, 0.5) is 0 Å². The first-order valence-electron chi connectivity index (χ1n) is 2.22. The second-order valence-electron chi connectivity index (χ2n) is 1.42. The third kappa shape index (κ3) is 0.961. The van der Waals surface area contributed by atoms with Crippen LogP contribution in [0, 0.1) is 0 Å². The lowest BCUT2D eigenvalue weighted by atomic mass is 10.4. The quantitative estimate of drug-likeness (QED) is 0.449. The molecule has 1 aliphatic rings. The molecule has 0 unspecified atom stereocenters. The van der Waals surface area contributed by atoms with Crippen molar-refractivity contribution in [3.63, 3.8) is 0 Å². The molecule has 0 amide bonds. The van der Waals surface area contributed by atoms with E-state index in [1.165, 1.54) is 0 Å². The van der Waals surface area contributed by atoms with Crippen LogP contribution in [0.25, 0.3) is 0 Å². The van der Waals surface area contributed by atoms with Crippen LogP contribution < -0.4 is 10.6 Å². The fraction of sp³-hybridized carbons (Fsp3) is 0.200. The molecular formula is C5H8N2. The van der Waals surface area contributed by atoms with Gasteiger partial charge in [-0.3, -0.25) is 0 Å². The Morgan fingerprint density at radius 2 is 2.57 bits per heavy atom. The molecule has 38 valence electrons. The van der Waals surface area contributed by atoms with Gasteiger partial charge in [0.1, 0.15) is 0 Å². The Balaban J connectivity index is 2.51. The van der Waals surface area contributed by atoms with E-state index in [1.807, 2.05) is 12.3 Å². The molecule has 7 heavy (non-hydrogen) atoms. The molecule has 0 saturated heterocycles. The number of hydrogen-bond donors (Lipinski definition) is 2. The highest BCUT2D eigenvalue weighted by Crippen LogP contribution is 1.86. The monoisotopic (exact) mass is 96.1 g/mol. The Morgan fingerprint density at radius 1 is 1.71 bits per heavy atom. The minimum Gasteiger partial charge on any atom is -0.374 e. The highest BCUT2D eigenvalue weighted by Gasteiger charge is 1.87. The molecule has 0 radical (unpaired) electrons. The van der Waals surface area contributed by atoms with Crippen molar-refractivity contribution in [2.75, 3.05) is 6.67 Å². The zero-order valence-corrected chi connectivity index (χ0v) is 4.07. The van der Waals surface area contributed by atoms with Gasteiger partial charge in [0.05, 0.1) is 6.67 Å². The Hall–Kier alpha value is -0.920. The average Bonchev–Trinajstić information content (AvgIpc) is 1.69. The van der Waals surface area contributed by atoms with E-state index in [0.717, 1.165) is 12.4 Å². The van der Waals surface area contributed by atoms with E-state index in [9.17, 15) is 0 Å². The highest BCUT2D eigenvalue weighted by molar-refractivity contribution is 5.13. The Bertz CT molecular complexity index is 105. The Labute approximate surface area is 42.9 Å². The summed E-state index contributed by atoms with van der Waals surface area (Å²) in [5.74, 6) is 0. The van der Waals surface area contributed by atoms with Gasteiger partial charge >= 0.3 is 0 Å². The van der Waals surface area contributed by atoms with Gasteiger partial charge in [-0.05, 0) is 12.3 Å². The van der Waals surface area contributed by atoms with Crippen LogP contribution in [-0.2, 0) is 0 Å². The maximum atomic E-state index is 3.68. The van der Waals surface area contributed by atoms with Crippen molar-refractivity contribution in [3.8, 4) is 0 Å². The molecule has 1 rings (SSSR count). The Kier molecular flexibility index (Phi) is 1.02. The molecule has 0 atom stereocenters. The second-order valence-corrected chi connectivity index (χ2v) is 1.42. The first-order chi connectivity index (χ1) is 3.39. The summed E-state index contributed by atoms with van der Waals surface area (Å²) < 4.78 is 0. The van der Waals surface area contributed by atoms with Crippen molar-refractivity contribution in [1.29, 1.82) is 0 Å². The lowest BCUT2D eigenvalue weighted by molar-refractivity contribution is 0.725. The summed E-state index contributed by atoms with van der Waals surface area (Å²) in [6, 6.07) is 0. The zero-order valence-electron chi connectivity index (χ0n) is 4.07. The number of nitrogens with one attached hydrogen (secondary N) is 2. The summed E-state index contributed by atoms with van der Waals surface area (Å²) in [6.45, 7) is 4.48. The van der Waals surface area contributed by atoms with Gasteiger partial charge in [-0.1, -0.05) is 6.58 Å². The summed E-state index contributed by atoms with van der Waals surface area (Å²) in [7, 11) is 0. The van der Waals surface area contributed by atoms with Crippen molar-refractivity contribution < 1.29 is 0 Å². The predicted octanol–water partition coefficient (Wildman–Crippen LogP) is 0.164. The standard InChI is InChI=1S/C5H8N2/c1-5-2-3-6-4-7-5/h2-3,6-7H,1,4H2. The molecule has 0 spiro atoms. The Morgan fingerprint density at radius 3 is 2.86 bits per heavy atom. The number of hydrogen-bond acceptors (Lipinski definition) is 2. The summed E-state index contributed by atoms with van der Waals surface area (Å²) in [5, 5.41) is 5.95. The van der Waals surface area contributed by atoms with Gasteiger partial charge < -0.3 is 10.6 Å². The minimum absolute atomic E-state index is 0.801. The SMILES string of the molecule is C=C1C=CNCN1. The van der Waals surface area contributed by atoms with E-state index in [1.54, 1.807) is 0 Å². The van der Waals surface area contributed by atoms with Crippen LogP contribution in [-0.4, -0.2) is 6.67 Å². The first-order valence-corrected chi connectivity index (χ1v) is 2.22. The van der Waals surface area contributed by atoms with E-state index in [2.05, 4.69) is 17.2 Å². The third-order valence-corrected chi connectivity index (χ3v) is 0.820. The highest BCUT2D eigenvalue weighted by atomic mass is 15.1. The number of rotatable bonds is 0. The molecule has 0 saturated carbocycles. The smallest absolute Gasteiger partial charge is 0.0844 e. The lowest BCUT2D eigenvalue weighted by Crippen LogP contribution is -2.27. The molecular weight excluding hydrogens is 88.1 g/mol. The van der Waals surface area contributed by atoms with Crippen LogP contribution in [0.2, 0.25) is 0 Å². The number of allylic oxidation sites excluding steroid dienone is 1. The van der Waals surface area contributed by atoms with Crippen molar-refractivity contribution in [2.24, 2.45) is 0 Å². The molecule has 0 aromatic rings. The van der Waals surface area contributed by atoms with Crippen molar-refractivity contribution in [2.45, 2.75) is 0 Å². The van der Waals surface area contributed by atoms with E-state index in [-0.39, 0.29) is 0 Å². The van der Waals surface area contributed by atoms with E-state index < -0.39 is 0 Å². The van der Waals surface area contributed by atoms with Crippen LogP contribution in [0.1, 0.15) is 0 Å². The maximum absolute atomic E-state index is 3.68. The van der Waals surface area contributed by atoms with E-state index >= 15 is 0 Å². The molecule has 0 aromatic heterocycles. The van der Waals surface area contributed by atoms with Crippen LogP contribution in [0.5, 0.6) is 0 Å². The lowest BCUT2D eigenvalue weighted by Gasteiger charge is -2.09. The fourth-order valence-corrected chi connectivity index (χ4v) is 0.442. The van der Waals surface area contributed by atoms with Crippen molar-refractivity contribution >= 4 is 0 Å². The zero-order chi connectivity index (χ0) is 5.11. The fourth-order valence-electron chi connectivity index (χ4n) is 0.442. The van der Waals surface area contributed by atoms with Crippen molar-refractivity contribution in [1.82, 2.24) is 10.6 Å². The van der Waals surface area contributed by atoms with Crippen LogP contribution in [0.15, 0.2) is 24.6 Å². The molecule has 0 aliphatic carbocycles. The molecule has 2 heteroatoms. The van der Waals surface area contributed by atoms with Gasteiger partial charge in [-0.2, -0.15) is 0 Å². The van der Waals surface area contributed by atoms with Gasteiger partial charge in [0.2, 0.25) is 0 Å². The van der Waals surface area contributed by atoms with Gasteiger partial charge in [0.15, 0.2) is 0 Å². The third-order valence-electron chi connectivity index (χ3n) is 0.820. The molecule has 2 nitrogen and oxygen atoms in total. The van der Waals surface area contributed by atoms with Gasteiger partial charge in [0, 0.05) is 5.70 Å². The van der Waals surface area contributed by atoms with Gasteiger partial charge in [-0.25, -0.2) is 0 Å². The normalized spacial score (nSPS) is 18.0. The summed E-state index contributed by atoms with van der Waals surface area (Å²) in [6.07, 6.45) is 3.77. The van der Waals surface area contributed by atoms with Crippen LogP contribution >= 0.6 is 0 Å². The summed E-state index contributed by atoms with van der Waals surface area (Å²) in [5.41, 5.74) is 0.971. The summed E-state index contributed by atoms with van der Waals surface area (Å²) in [4.78, 5) is 0. The van der Waals surface area contributed by atoms with Crippen molar-refractivity contribution in [3.05, 3.63) is 24.6 Å². The first kappa shape index (κ1) is 4.24. The molecule has 1 aliphatic heterocycles. The van der Waals surface area contributed by atoms with Gasteiger partial charge in [0.25, 0.3) is 0 Å². The summed E-state index contributed by atoms with van der Waals surface area (Å²) >= 11 is 0. The largest absolute Gasteiger partial charge is 0.374 e.